The van der Waals surface area contributed by atoms with Crippen molar-refractivity contribution in [2.45, 2.75) is 39.2 Å². The highest BCUT2D eigenvalue weighted by molar-refractivity contribution is 7.12. The van der Waals surface area contributed by atoms with Crippen LogP contribution in [0.4, 0.5) is 5.69 Å². The second-order valence-corrected chi connectivity index (χ2v) is 7.42. The molecule has 2 rings (SSSR count). The molecule has 3 nitrogen and oxygen atoms in total. The summed E-state index contributed by atoms with van der Waals surface area (Å²) >= 11 is 1.64. The molecular formula is C17H22N2OS. The quantitative estimate of drug-likeness (QED) is 0.897. The molecule has 1 atom stereocenters. The predicted molar refractivity (Wildman–Crippen MR) is 89.8 cm³/mol. The molecule has 0 fully saturated rings. The van der Waals surface area contributed by atoms with Crippen LogP contribution in [0.3, 0.4) is 0 Å². The van der Waals surface area contributed by atoms with Crippen LogP contribution in [0.1, 0.15) is 42.1 Å². The summed E-state index contributed by atoms with van der Waals surface area (Å²) in [5.74, 6) is -0.362. The normalized spacial score (nSPS) is 13.0. The van der Waals surface area contributed by atoms with E-state index >= 15 is 0 Å². The first kappa shape index (κ1) is 15.6. The molecule has 1 amide bonds. The van der Waals surface area contributed by atoms with E-state index in [-0.39, 0.29) is 11.3 Å². The molecule has 1 aromatic heterocycles. The van der Waals surface area contributed by atoms with E-state index in [0.29, 0.717) is 0 Å². The van der Waals surface area contributed by atoms with Gasteiger partial charge in [0.25, 0.3) is 0 Å². The maximum absolute atomic E-state index is 11.8. The van der Waals surface area contributed by atoms with E-state index < -0.39 is 6.04 Å². The first-order chi connectivity index (χ1) is 9.77. The van der Waals surface area contributed by atoms with Crippen LogP contribution >= 0.6 is 11.3 Å². The third kappa shape index (κ3) is 3.85. The number of thiophene rings is 1. The summed E-state index contributed by atoms with van der Waals surface area (Å²) in [5.41, 5.74) is 7.71. The smallest absolute Gasteiger partial charge is 0.245 e. The van der Waals surface area contributed by atoms with Crippen LogP contribution < -0.4 is 11.1 Å². The van der Waals surface area contributed by atoms with E-state index in [9.17, 15) is 4.79 Å². The monoisotopic (exact) mass is 302 g/mol. The van der Waals surface area contributed by atoms with E-state index in [1.54, 1.807) is 11.3 Å². The Hall–Kier alpha value is -1.81. The van der Waals surface area contributed by atoms with Crippen LogP contribution in [-0.4, -0.2) is 5.91 Å². The van der Waals surface area contributed by atoms with Crippen molar-refractivity contribution in [1.82, 2.24) is 0 Å². The Morgan fingerprint density at radius 2 is 1.95 bits per heavy atom. The van der Waals surface area contributed by atoms with Crippen molar-refractivity contribution in [3.63, 3.8) is 0 Å². The van der Waals surface area contributed by atoms with Crippen molar-refractivity contribution in [3.05, 3.63) is 51.7 Å². The number of carbonyl (C=O) groups excluding carboxylic acids is 1. The van der Waals surface area contributed by atoms with Crippen molar-refractivity contribution in [2.24, 2.45) is 5.73 Å². The Bertz CT molecular complexity index is 640. The fourth-order valence-electron chi connectivity index (χ4n) is 2.10. The molecule has 0 radical (unpaired) electrons. The van der Waals surface area contributed by atoms with Crippen molar-refractivity contribution in [2.75, 3.05) is 5.32 Å². The Morgan fingerprint density at radius 1 is 1.24 bits per heavy atom. The third-order valence-electron chi connectivity index (χ3n) is 3.26. The van der Waals surface area contributed by atoms with Crippen LogP contribution in [0.25, 0.3) is 0 Å². The lowest BCUT2D eigenvalue weighted by Gasteiger charge is -2.17. The van der Waals surface area contributed by atoms with E-state index in [4.69, 9.17) is 5.73 Å². The number of primary amides is 1. The number of carbonyl (C=O) groups is 1. The van der Waals surface area contributed by atoms with Gasteiger partial charge in [0.15, 0.2) is 0 Å². The SMILES string of the molecule is Cc1cccc(NC(C(N)=O)c2ccc(C(C)(C)C)s2)c1. The van der Waals surface area contributed by atoms with Gasteiger partial charge in [0.05, 0.1) is 0 Å². The molecule has 0 aliphatic carbocycles. The summed E-state index contributed by atoms with van der Waals surface area (Å²) in [4.78, 5) is 14.0. The third-order valence-corrected chi connectivity index (χ3v) is 4.84. The minimum absolute atomic E-state index is 0.0778. The van der Waals surface area contributed by atoms with Gasteiger partial charge in [0.2, 0.25) is 5.91 Å². The number of anilines is 1. The predicted octanol–water partition coefficient (Wildman–Crippen LogP) is 3.99. The zero-order valence-electron chi connectivity index (χ0n) is 12.9. The molecule has 0 saturated carbocycles. The van der Waals surface area contributed by atoms with Gasteiger partial charge in [0.1, 0.15) is 6.04 Å². The summed E-state index contributed by atoms with van der Waals surface area (Å²) in [6.07, 6.45) is 0. The molecule has 112 valence electrons. The lowest BCUT2D eigenvalue weighted by atomic mass is 9.95. The summed E-state index contributed by atoms with van der Waals surface area (Å²) < 4.78 is 0. The standard InChI is InChI=1S/C17H22N2OS/c1-11-6-5-7-12(10-11)19-15(16(18)20)13-8-9-14(21-13)17(2,3)4/h5-10,15,19H,1-4H3,(H2,18,20). The van der Waals surface area contributed by atoms with E-state index in [2.05, 4.69) is 32.2 Å². The Morgan fingerprint density at radius 3 is 2.48 bits per heavy atom. The first-order valence-electron chi connectivity index (χ1n) is 7.00. The first-order valence-corrected chi connectivity index (χ1v) is 7.82. The minimum atomic E-state index is -0.493. The van der Waals surface area contributed by atoms with Crippen molar-refractivity contribution >= 4 is 22.9 Å². The fraction of sp³-hybridized carbons (Fsp3) is 0.353. The second-order valence-electron chi connectivity index (χ2n) is 6.30. The molecule has 0 aliphatic heterocycles. The van der Waals surface area contributed by atoms with Gasteiger partial charge in [-0.1, -0.05) is 32.9 Å². The van der Waals surface area contributed by atoms with Crippen LogP contribution in [-0.2, 0) is 10.2 Å². The molecule has 21 heavy (non-hydrogen) atoms. The number of nitrogens with two attached hydrogens (primary N) is 1. The average Bonchev–Trinajstić information content (AvgIpc) is 2.84. The fourth-order valence-corrected chi connectivity index (χ4v) is 3.22. The average molecular weight is 302 g/mol. The molecule has 1 aromatic carbocycles. The van der Waals surface area contributed by atoms with Gasteiger partial charge in [-0.3, -0.25) is 4.79 Å². The van der Waals surface area contributed by atoms with E-state index in [1.807, 2.05) is 37.3 Å². The maximum Gasteiger partial charge on any atom is 0.245 e. The second kappa shape index (κ2) is 5.90. The van der Waals surface area contributed by atoms with Crippen LogP contribution in [0.5, 0.6) is 0 Å². The van der Waals surface area contributed by atoms with Crippen molar-refractivity contribution in [3.8, 4) is 0 Å². The zero-order valence-corrected chi connectivity index (χ0v) is 13.8. The number of hydrogen-bond acceptors (Lipinski definition) is 3. The largest absolute Gasteiger partial charge is 0.369 e. The summed E-state index contributed by atoms with van der Waals surface area (Å²) in [7, 11) is 0. The lowest BCUT2D eigenvalue weighted by molar-refractivity contribution is -0.118. The number of aryl methyl sites for hydroxylation is 1. The maximum atomic E-state index is 11.8. The summed E-state index contributed by atoms with van der Waals surface area (Å²) in [5, 5.41) is 3.24. The lowest BCUT2D eigenvalue weighted by Crippen LogP contribution is -2.27. The molecule has 0 bridgehead atoms. The van der Waals surface area contributed by atoms with Crippen LogP contribution in [0.2, 0.25) is 0 Å². The molecule has 3 N–H and O–H groups in total. The topological polar surface area (TPSA) is 55.1 Å². The Labute approximate surface area is 130 Å². The van der Waals surface area contributed by atoms with Gasteiger partial charge >= 0.3 is 0 Å². The number of amides is 1. The highest BCUT2D eigenvalue weighted by Gasteiger charge is 2.23. The van der Waals surface area contributed by atoms with Gasteiger partial charge in [-0.2, -0.15) is 0 Å². The molecule has 1 heterocycles. The molecule has 1 unspecified atom stereocenters. The van der Waals surface area contributed by atoms with E-state index in [1.165, 1.54) is 4.88 Å². The Balaban J connectivity index is 2.27. The number of nitrogens with one attached hydrogen (secondary N) is 1. The molecule has 0 spiro atoms. The van der Waals surface area contributed by atoms with Crippen LogP contribution in [0, 0.1) is 6.92 Å². The molecular weight excluding hydrogens is 280 g/mol. The highest BCUT2D eigenvalue weighted by Crippen LogP contribution is 2.33. The molecule has 0 aliphatic rings. The molecule has 2 aromatic rings. The van der Waals surface area contributed by atoms with Gasteiger partial charge in [-0.15, -0.1) is 11.3 Å². The van der Waals surface area contributed by atoms with Crippen LogP contribution in [0.15, 0.2) is 36.4 Å². The number of rotatable bonds is 4. The molecule has 4 heteroatoms. The summed E-state index contributed by atoms with van der Waals surface area (Å²) in [6.45, 7) is 8.51. The highest BCUT2D eigenvalue weighted by atomic mass is 32.1. The zero-order chi connectivity index (χ0) is 15.6. The van der Waals surface area contributed by atoms with Gasteiger partial charge < -0.3 is 11.1 Å². The van der Waals surface area contributed by atoms with E-state index in [0.717, 1.165) is 16.1 Å². The summed E-state index contributed by atoms with van der Waals surface area (Å²) in [6, 6.07) is 11.5. The van der Waals surface area contributed by atoms with Gasteiger partial charge in [-0.05, 0) is 42.2 Å². The number of hydrogen-bond donors (Lipinski definition) is 2. The van der Waals surface area contributed by atoms with Crippen molar-refractivity contribution in [1.29, 1.82) is 0 Å². The molecule has 0 saturated heterocycles. The van der Waals surface area contributed by atoms with Crippen molar-refractivity contribution < 1.29 is 4.79 Å². The Kier molecular flexibility index (Phi) is 4.37. The number of benzene rings is 1. The minimum Gasteiger partial charge on any atom is -0.369 e. The van der Waals surface area contributed by atoms with Gasteiger partial charge in [0, 0.05) is 15.4 Å². The van der Waals surface area contributed by atoms with Gasteiger partial charge in [-0.25, -0.2) is 0 Å².